The van der Waals surface area contributed by atoms with Gasteiger partial charge in [-0.15, -0.1) is 0 Å². The lowest BCUT2D eigenvalue weighted by atomic mass is 10.3. The third kappa shape index (κ3) is 2.30. The van der Waals surface area contributed by atoms with E-state index in [0.717, 1.165) is 48.7 Å². The highest BCUT2D eigenvalue weighted by molar-refractivity contribution is 7.10. The number of anilines is 2. The lowest BCUT2D eigenvalue weighted by molar-refractivity contribution is 0.650. The minimum atomic E-state index is 0.904. The summed E-state index contributed by atoms with van der Waals surface area (Å²) in [6, 6.07) is 0. The van der Waals surface area contributed by atoms with Crippen LogP contribution in [0, 0.1) is 0 Å². The lowest BCUT2D eigenvalue weighted by Gasteiger charge is -2.33. The molecule has 0 N–H and O–H groups in total. The Morgan fingerprint density at radius 2 is 1.83 bits per heavy atom. The van der Waals surface area contributed by atoms with Gasteiger partial charge in [-0.25, -0.2) is 9.97 Å². The molecule has 2 aromatic rings. The lowest BCUT2D eigenvalue weighted by Crippen LogP contribution is -2.46. The number of rotatable bonds is 3. The second-order valence-electron chi connectivity index (χ2n) is 4.04. The second kappa shape index (κ2) is 5.15. The Hall–Kier alpha value is -1.28. The summed E-state index contributed by atoms with van der Waals surface area (Å²) in [5.41, 5.74) is 0. The summed E-state index contributed by atoms with van der Waals surface area (Å²) in [6.45, 7) is 5.96. The van der Waals surface area contributed by atoms with Crippen molar-refractivity contribution in [1.29, 1.82) is 0 Å². The first-order chi connectivity index (χ1) is 8.86. The number of piperazine rings is 1. The van der Waals surface area contributed by atoms with Gasteiger partial charge in [0.05, 0.1) is 0 Å². The van der Waals surface area contributed by atoms with Crippen molar-refractivity contribution in [2.75, 3.05) is 36.0 Å². The maximum absolute atomic E-state index is 4.53. The van der Waals surface area contributed by atoms with E-state index in [1.165, 1.54) is 23.1 Å². The molecule has 0 aliphatic carbocycles. The second-order valence-corrected chi connectivity index (χ2v) is 5.53. The van der Waals surface area contributed by atoms with Crippen LogP contribution in [0.5, 0.6) is 0 Å². The molecule has 8 heteroatoms. The third-order valence-corrected chi connectivity index (χ3v) is 4.49. The summed E-state index contributed by atoms with van der Waals surface area (Å²) in [5.74, 6) is 0.946. The molecule has 1 aliphatic rings. The van der Waals surface area contributed by atoms with Crippen molar-refractivity contribution in [3.8, 4) is 0 Å². The molecule has 96 valence electrons. The molecule has 18 heavy (non-hydrogen) atoms. The van der Waals surface area contributed by atoms with Gasteiger partial charge in [0.2, 0.25) is 10.3 Å². The standard InChI is InChI=1S/C10H14N6S2/c1-2-8-13-10(18-14-8)16-5-3-15(4-6-16)9-11-7-12-17-9/h7H,2-6H2,1H3. The van der Waals surface area contributed by atoms with Gasteiger partial charge < -0.3 is 9.80 Å². The van der Waals surface area contributed by atoms with Gasteiger partial charge in [0.25, 0.3) is 0 Å². The molecule has 3 heterocycles. The van der Waals surface area contributed by atoms with Crippen LogP contribution >= 0.6 is 23.1 Å². The van der Waals surface area contributed by atoms with E-state index in [1.54, 1.807) is 6.33 Å². The van der Waals surface area contributed by atoms with Crippen LogP contribution in [-0.4, -0.2) is 44.9 Å². The molecule has 6 nitrogen and oxygen atoms in total. The van der Waals surface area contributed by atoms with Crippen molar-refractivity contribution in [2.24, 2.45) is 0 Å². The van der Waals surface area contributed by atoms with Gasteiger partial charge in [0, 0.05) is 55.7 Å². The van der Waals surface area contributed by atoms with Crippen molar-refractivity contribution in [3.05, 3.63) is 12.2 Å². The average molecular weight is 282 g/mol. The molecule has 1 aliphatic heterocycles. The summed E-state index contributed by atoms with van der Waals surface area (Å²) in [7, 11) is 0. The molecular formula is C10H14N6S2. The van der Waals surface area contributed by atoms with Crippen LogP contribution in [0.15, 0.2) is 6.33 Å². The van der Waals surface area contributed by atoms with E-state index in [-0.39, 0.29) is 0 Å². The fourth-order valence-corrected chi connectivity index (χ4v) is 3.29. The number of aromatic nitrogens is 4. The van der Waals surface area contributed by atoms with E-state index >= 15 is 0 Å². The van der Waals surface area contributed by atoms with Crippen LogP contribution in [0.2, 0.25) is 0 Å². The normalized spacial score (nSPS) is 16.3. The van der Waals surface area contributed by atoms with Crippen LogP contribution in [0.3, 0.4) is 0 Å². The van der Waals surface area contributed by atoms with Crippen LogP contribution in [-0.2, 0) is 6.42 Å². The van der Waals surface area contributed by atoms with Crippen molar-refractivity contribution in [1.82, 2.24) is 18.7 Å². The number of aryl methyl sites for hydroxylation is 1. The molecule has 0 aromatic carbocycles. The van der Waals surface area contributed by atoms with Gasteiger partial charge in [-0.3, -0.25) is 0 Å². The minimum Gasteiger partial charge on any atom is -0.343 e. The van der Waals surface area contributed by atoms with Crippen LogP contribution in [0.25, 0.3) is 0 Å². The monoisotopic (exact) mass is 282 g/mol. The predicted octanol–water partition coefficient (Wildman–Crippen LogP) is 1.28. The Morgan fingerprint density at radius 1 is 1.11 bits per heavy atom. The maximum atomic E-state index is 4.53. The molecule has 1 fully saturated rings. The first-order valence-electron chi connectivity index (χ1n) is 5.96. The summed E-state index contributed by atoms with van der Waals surface area (Å²) >= 11 is 2.96. The van der Waals surface area contributed by atoms with Gasteiger partial charge in [-0.2, -0.15) is 8.75 Å². The molecule has 1 saturated heterocycles. The largest absolute Gasteiger partial charge is 0.343 e. The Kier molecular flexibility index (Phi) is 3.37. The Balaban J connectivity index is 1.63. The Bertz CT molecular complexity index is 488. The zero-order valence-corrected chi connectivity index (χ0v) is 11.7. The van der Waals surface area contributed by atoms with E-state index in [1.807, 2.05) is 0 Å². The molecule has 3 rings (SSSR count). The van der Waals surface area contributed by atoms with Crippen molar-refractivity contribution < 1.29 is 0 Å². The van der Waals surface area contributed by atoms with E-state index < -0.39 is 0 Å². The zero-order chi connectivity index (χ0) is 12.4. The first kappa shape index (κ1) is 11.8. The van der Waals surface area contributed by atoms with Gasteiger partial charge in [0.15, 0.2) is 0 Å². The molecule has 2 aromatic heterocycles. The van der Waals surface area contributed by atoms with E-state index in [2.05, 4.69) is 35.4 Å². The van der Waals surface area contributed by atoms with E-state index in [9.17, 15) is 0 Å². The fraction of sp³-hybridized carbons (Fsp3) is 0.600. The van der Waals surface area contributed by atoms with Crippen LogP contribution in [0.1, 0.15) is 12.7 Å². The molecule has 0 spiro atoms. The highest BCUT2D eigenvalue weighted by Crippen LogP contribution is 2.22. The summed E-state index contributed by atoms with van der Waals surface area (Å²) in [4.78, 5) is 13.3. The number of nitrogens with zero attached hydrogens (tertiary/aromatic N) is 6. The van der Waals surface area contributed by atoms with Crippen molar-refractivity contribution >= 4 is 33.3 Å². The van der Waals surface area contributed by atoms with Gasteiger partial charge in [-0.1, -0.05) is 6.92 Å². The Morgan fingerprint density at radius 3 is 2.39 bits per heavy atom. The molecule has 0 saturated carbocycles. The quantitative estimate of drug-likeness (QED) is 0.845. The molecule has 0 amide bonds. The third-order valence-electron chi connectivity index (χ3n) is 2.94. The fourth-order valence-electron chi connectivity index (χ4n) is 1.91. The van der Waals surface area contributed by atoms with Gasteiger partial charge >= 0.3 is 0 Å². The molecule has 0 unspecified atom stereocenters. The Labute approximate surface area is 114 Å². The molecule has 0 radical (unpaired) electrons. The van der Waals surface area contributed by atoms with E-state index in [0.29, 0.717) is 0 Å². The summed E-state index contributed by atoms with van der Waals surface area (Å²) in [6.07, 6.45) is 2.52. The van der Waals surface area contributed by atoms with Crippen molar-refractivity contribution in [3.63, 3.8) is 0 Å². The van der Waals surface area contributed by atoms with Gasteiger partial charge in [-0.05, 0) is 0 Å². The van der Waals surface area contributed by atoms with Crippen LogP contribution < -0.4 is 9.80 Å². The van der Waals surface area contributed by atoms with E-state index in [4.69, 9.17) is 0 Å². The van der Waals surface area contributed by atoms with Crippen molar-refractivity contribution in [2.45, 2.75) is 13.3 Å². The highest BCUT2D eigenvalue weighted by Gasteiger charge is 2.21. The molecular weight excluding hydrogens is 268 g/mol. The van der Waals surface area contributed by atoms with Crippen LogP contribution in [0.4, 0.5) is 10.3 Å². The SMILES string of the molecule is CCc1nsc(N2CCN(c3ncns3)CC2)n1. The summed E-state index contributed by atoms with van der Waals surface area (Å²) in [5, 5.41) is 2.06. The predicted molar refractivity (Wildman–Crippen MR) is 73.6 cm³/mol. The summed E-state index contributed by atoms with van der Waals surface area (Å²) < 4.78 is 8.38. The smallest absolute Gasteiger partial charge is 0.205 e. The highest BCUT2D eigenvalue weighted by atomic mass is 32.1. The molecule has 0 atom stereocenters. The maximum Gasteiger partial charge on any atom is 0.205 e. The molecule has 0 bridgehead atoms. The minimum absolute atomic E-state index is 0.904. The first-order valence-corrected chi connectivity index (χ1v) is 7.50. The zero-order valence-electron chi connectivity index (χ0n) is 10.1. The topological polar surface area (TPSA) is 58.0 Å². The number of hydrogen-bond donors (Lipinski definition) is 0. The van der Waals surface area contributed by atoms with Gasteiger partial charge in [0.1, 0.15) is 12.2 Å². The number of hydrogen-bond acceptors (Lipinski definition) is 8. The average Bonchev–Trinajstić information content (AvgIpc) is 3.10.